The lowest BCUT2D eigenvalue weighted by Crippen LogP contribution is -2.50. The Morgan fingerprint density at radius 2 is 1.78 bits per heavy atom. The standard InChI is InChI=1S/C16H10N4O2S/c21-14-11(18-15(22)16(23)19-14)8-20-12-4-2-1-3-9(12)10-5-6-17-7-13(10)20/h1-8H,(H,18,22)(H,19,21,23). The van der Waals surface area contributed by atoms with Crippen molar-refractivity contribution in [3.63, 3.8) is 0 Å². The van der Waals surface area contributed by atoms with E-state index in [1.54, 1.807) is 18.6 Å². The first-order chi connectivity index (χ1) is 11.1. The van der Waals surface area contributed by atoms with E-state index < -0.39 is 11.8 Å². The summed E-state index contributed by atoms with van der Waals surface area (Å²) in [5, 5.41) is 6.94. The summed E-state index contributed by atoms with van der Waals surface area (Å²) in [6, 6.07) is 9.73. The van der Waals surface area contributed by atoms with Crippen LogP contribution in [0.2, 0.25) is 0 Å². The van der Waals surface area contributed by atoms with Crippen LogP contribution in [0.1, 0.15) is 0 Å². The fourth-order valence-electron chi connectivity index (χ4n) is 2.67. The maximum atomic E-state index is 12.0. The van der Waals surface area contributed by atoms with Gasteiger partial charge >= 0.3 is 0 Å². The van der Waals surface area contributed by atoms with Crippen molar-refractivity contribution in [2.24, 2.45) is 0 Å². The van der Waals surface area contributed by atoms with Crippen LogP contribution in [0.4, 0.5) is 0 Å². The average molecular weight is 322 g/mol. The van der Waals surface area contributed by atoms with Gasteiger partial charge in [0, 0.05) is 23.2 Å². The third-order valence-electron chi connectivity index (χ3n) is 3.70. The smallest absolute Gasteiger partial charge is 0.283 e. The monoisotopic (exact) mass is 322 g/mol. The maximum Gasteiger partial charge on any atom is 0.283 e. The molecule has 0 radical (unpaired) electrons. The minimum Gasteiger partial charge on any atom is -0.314 e. The number of thiocarbonyl (C=S) groups is 1. The second-order valence-corrected chi connectivity index (χ2v) is 5.47. The van der Waals surface area contributed by atoms with Crippen molar-refractivity contribution in [1.29, 1.82) is 0 Å². The van der Waals surface area contributed by atoms with Gasteiger partial charge < -0.3 is 15.2 Å². The number of hydrogen-bond acceptors (Lipinski definition) is 4. The normalized spacial score (nSPS) is 16.9. The molecule has 1 aromatic carbocycles. The van der Waals surface area contributed by atoms with E-state index in [9.17, 15) is 9.59 Å². The van der Waals surface area contributed by atoms with Crippen LogP contribution in [0, 0.1) is 0 Å². The van der Waals surface area contributed by atoms with Crippen molar-refractivity contribution in [2.45, 2.75) is 0 Å². The van der Waals surface area contributed by atoms with E-state index in [0.29, 0.717) is 0 Å². The van der Waals surface area contributed by atoms with Gasteiger partial charge in [0.15, 0.2) is 4.99 Å². The number of nitrogens with one attached hydrogen (secondary N) is 2. The second kappa shape index (κ2) is 4.99. The molecule has 0 saturated carbocycles. The Labute approximate surface area is 135 Å². The number of fused-ring (bicyclic) bond motifs is 3. The van der Waals surface area contributed by atoms with Gasteiger partial charge in [0.25, 0.3) is 11.8 Å². The van der Waals surface area contributed by atoms with Crippen molar-refractivity contribution in [2.75, 3.05) is 0 Å². The zero-order chi connectivity index (χ0) is 16.0. The first-order valence-electron chi connectivity index (χ1n) is 6.86. The van der Waals surface area contributed by atoms with Gasteiger partial charge in [-0.3, -0.25) is 14.6 Å². The van der Waals surface area contributed by atoms with E-state index >= 15 is 0 Å². The van der Waals surface area contributed by atoms with Crippen LogP contribution in [0.15, 0.2) is 48.4 Å². The Balaban J connectivity index is 1.97. The van der Waals surface area contributed by atoms with Gasteiger partial charge in [-0.25, -0.2) is 0 Å². The number of benzene rings is 1. The van der Waals surface area contributed by atoms with Gasteiger partial charge in [-0.1, -0.05) is 30.4 Å². The van der Waals surface area contributed by atoms with Crippen LogP contribution >= 0.6 is 12.2 Å². The predicted octanol–water partition coefficient (Wildman–Crippen LogP) is 1.56. The highest BCUT2D eigenvalue weighted by molar-refractivity contribution is 7.82. The van der Waals surface area contributed by atoms with Crippen molar-refractivity contribution in [3.05, 3.63) is 48.4 Å². The number of rotatable bonds is 1. The van der Waals surface area contributed by atoms with E-state index in [4.69, 9.17) is 12.2 Å². The number of pyridine rings is 1. The molecule has 112 valence electrons. The summed E-state index contributed by atoms with van der Waals surface area (Å²) in [5.41, 5.74) is 1.89. The summed E-state index contributed by atoms with van der Waals surface area (Å²) in [7, 11) is 0. The molecule has 1 aliphatic rings. The zero-order valence-electron chi connectivity index (χ0n) is 11.7. The van der Waals surface area contributed by atoms with Gasteiger partial charge in [-0.2, -0.15) is 0 Å². The number of carbonyl (C=O) groups is 2. The Bertz CT molecular complexity index is 982. The fourth-order valence-corrected chi connectivity index (χ4v) is 2.81. The summed E-state index contributed by atoms with van der Waals surface area (Å²) in [6.07, 6.45) is 5.03. The SMILES string of the molecule is O=C1NC(=Cn2c3ccccc3c3ccncc32)C(=O)NC1=S. The summed E-state index contributed by atoms with van der Waals surface area (Å²) in [5.74, 6) is -0.936. The Hall–Kier alpha value is -3.06. The lowest BCUT2D eigenvalue weighted by molar-refractivity contribution is -0.122. The minimum absolute atomic E-state index is 0.129. The number of amides is 2. The lowest BCUT2D eigenvalue weighted by atomic mass is 10.2. The predicted molar refractivity (Wildman–Crippen MR) is 90.4 cm³/mol. The molecule has 0 aliphatic carbocycles. The first-order valence-corrected chi connectivity index (χ1v) is 7.27. The van der Waals surface area contributed by atoms with Gasteiger partial charge in [-0.05, 0) is 12.1 Å². The molecule has 0 atom stereocenters. The first kappa shape index (κ1) is 13.6. The summed E-state index contributed by atoms with van der Waals surface area (Å²) in [6.45, 7) is 0. The number of aromatic nitrogens is 2. The number of para-hydroxylation sites is 1. The third kappa shape index (κ3) is 2.09. The fraction of sp³-hybridized carbons (Fsp3) is 0. The number of piperazine rings is 1. The van der Waals surface area contributed by atoms with Crippen molar-refractivity contribution in [3.8, 4) is 0 Å². The van der Waals surface area contributed by atoms with Gasteiger partial charge in [-0.15, -0.1) is 0 Å². The van der Waals surface area contributed by atoms with Crippen LogP contribution in [-0.4, -0.2) is 26.4 Å². The van der Waals surface area contributed by atoms with Gasteiger partial charge in [0.1, 0.15) is 5.70 Å². The van der Waals surface area contributed by atoms with Crippen LogP contribution in [0.3, 0.4) is 0 Å². The Kier molecular flexibility index (Phi) is 2.95. The molecule has 3 aromatic rings. The topological polar surface area (TPSA) is 76.0 Å². The average Bonchev–Trinajstić information content (AvgIpc) is 2.87. The molecule has 2 N–H and O–H groups in total. The number of carbonyl (C=O) groups excluding carboxylic acids is 2. The molecule has 2 aromatic heterocycles. The van der Waals surface area contributed by atoms with Crippen molar-refractivity contribution < 1.29 is 9.59 Å². The Morgan fingerprint density at radius 1 is 1.00 bits per heavy atom. The molecule has 6 nitrogen and oxygen atoms in total. The van der Waals surface area contributed by atoms with E-state index in [1.165, 1.54) is 0 Å². The second-order valence-electron chi connectivity index (χ2n) is 5.06. The van der Waals surface area contributed by atoms with Crippen LogP contribution in [0.25, 0.3) is 28.0 Å². The quantitative estimate of drug-likeness (QED) is 0.527. The molecule has 0 unspecified atom stereocenters. The largest absolute Gasteiger partial charge is 0.314 e. The summed E-state index contributed by atoms with van der Waals surface area (Å²) < 4.78 is 1.83. The Morgan fingerprint density at radius 3 is 2.65 bits per heavy atom. The highest BCUT2D eigenvalue weighted by Crippen LogP contribution is 2.28. The minimum atomic E-state index is -0.496. The number of hydrogen-bond donors (Lipinski definition) is 2. The van der Waals surface area contributed by atoms with Crippen LogP contribution < -0.4 is 10.6 Å². The van der Waals surface area contributed by atoms with Crippen molar-refractivity contribution >= 4 is 57.0 Å². The molecule has 1 aliphatic heterocycles. The molecule has 4 rings (SSSR count). The molecule has 3 heterocycles. The van der Waals surface area contributed by atoms with E-state index in [-0.39, 0.29) is 10.7 Å². The van der Waals surface area contributed by atoms with E-state index in [0.717, 1.165) is 21.8 Å². The molecule has 7 heteroatoms. The molecule has 1 fully saturated rings. The molecule has 0 bridgehead atoms. The molecule has 1 saturated heterocycles. The number of nitrogens with zero attached hydrogens (tertiary/aromatic N) is 2. The highest BCUT2D eigenvalue weighted by Gasteiger charge is 2.25. The summed E-state index contributed by atoms with van der Waals surface area (Å²) in [4.78, 5) is 27.7. The highest BCUT2D eigenvalue weighted by atomic mass is 32.1. The van der Waals surface area contributed by atoms with Gasteiger partial charge in [0.2, 0.25) is 0 Å². The van der Waals surface area contributed by atoms with Crippen LogP contribution in [-0.2, 0) is 9.59 Å². The third-order valence-corrected chi connectivity index (χ3v) is 3.99. The van der Waals surface area contributed by atoms with Crippen molar-refractivity contribution in [1.82, 2.24) is 20.2 Å². The zero-order valence-corrected chi connectivity index (χ0v) is 12.6. The maximum absolute atomic E-state index is 12.0. The summed E-state index contributed by atoms with van der Waals surface area (Å²) >= 11 is 4.77. The van der Waals surface area contributed by atoms with Crippen LogP contribution in [0.5, 0.6) is 0 Å². The van der Waals surface area contributed by atoms with Gasteiger partial charge in [0.05, 0.1) is 17.2 Å². The molecular formula is C16H10N4O2S. The van der Waals surface area contributed by atoms with E-state index in [1.807, 2.05) is 34.9 Å². The lowest BCUT2D eigenvalue weighted by Gasteiger charge is -2.17. The molecule has 2 amide bonds. The molecular weight excluding hydrogens is 312 g/mol. The molecule has 23 heavy (non-hydrogen) atoms. The van der Waals surface area contributed by atoms with E-state index in [2.05, 4.69) is 15.6 Å². The molecule has 0 spiro atoms.